The quantitative estimate of drug-likeness (QED) is 0.759. The fourth-order valence-corrected chi connectivity index (χ4v) is 3.01. The summed E-state index contributed by atoms with van der Waals surface area (Å²) in [5.74, 6) is 2.20. The largest absolute Gasteiger partial charge is 0.496 e. The summed E-state index contributed by atoms with van der Waals surface area (Å²) >= 11 is 1.70. The van der Waals surface area contributed by atoms with Gasteiger partial charge in [0.1, 0.15) is 5.75 Å². The highest BCUT2D eigenvalue weighted by molar-refractivity contribution is 7.97. The second-order valence-electron chi connectivity index (χ2n) is 4.57. The molecule has 4 nitrogen and oxygen atoms in total. The van der Waals surface area contributed by atoms with Crippen molar-refractivity contribution in [2.45, 2.75) is 18.4 Å². The molecule has 112 valence electrons. The smallest absolute Gasteiger partial charge is 0.374 e. The second kappa shape index (κ2) is 7.22. The van der Waals surface area contributed by atoms with Crippen LogP contribution in [0.2, 0.25) is 0 Å². The minimum Gasteiger partial charge on any atom is -0.496 e. The number of rotatable bonds is 6. The highest BCUT2D eigenvalue weighted by Crippen LogP contribution is 2.27. The number of hydrogen-bond acceptors (Lipinski definition) is 5. The Balaban J connectivity index is 2.00. The van der Waals surface area contributed by atoms with Crippen LogP contribution < -0.4 is 4.74 Å². The van der Waals surface area contributed by atoms with E-state index in [0.717, 1.165) is 22.6 Å². The van der Waals surface area contributed by atoms with Crippen molar-refractivity contribution in [3.8, 4) is 5.75 Å². The van der Waals surface area contributed by atoms with Crippen LogP contribution in [0.5, 0.6) is 5.75 Å². The molecule has 0 bridgehead atoms. The van der Waals surface area contributed by atoms with E-state index in [1.807, 2.05) is 12.1 Å². The van der Waals surface area contributed by atoms with Crippen molar-refractivity contribution in [2.24, 2.45) is 0 Å². The van der Waals surface area contributed by atoms with E-state index in [4.69, 9.17) is 13.9 Å². The highest BCUT2D eigenvalue weighted by Gasteiger charge is 2.15. The normalized spacial score (nSPS) is 10.4. The predicted molar refractivity (Wildman–Crippen MR) is 82.8 cm³/mol. The van der Waals surface area contributed by atoms with Gasteiger partial charge in [-0.25, -0.2) is 4.79 Å². The van der Waals surface area contributed by atoms with Gasteiger partial charge in [-0.15, -0.1) is 0 Å². The molecule has 0 saturated carbocycles. The topological polar surface area (TPSA) is 48.7 Å². The van der Waals surface area contributed by atoms with Crippen molar-refractivity contribution in [2.75, 3.05) is 14.2 Å². The Morgan fingerprint density at radius 2 is 1.95 bits per heavy atom. The lowest BCUT2D eigenvalue weighted by Gasteiger charge is -2.09. The molecule has 0 atom stereocenters. The van der Waals surface area contributed by atoms with E-state index in [1.165, 1.54) is 18.9 Å². The lowest BCUT2D eigenvalue weighted by molar-refractivity contribution is 0.0564. The van der Waals surface area contributed by atoms with Gasteiger partial charge in [0.25, 0.3) is 0 Å². The standard InChI is InChI=1S/C16H18O4S/c1-11-4-5-14(18-2)13(8-11)10-21-9-12-6-7-20-15(12)16(17)19-3/h4-8H,9-10H2,1-3H3. The van der Waals surface area contributed by atoms with Gasteiger partial charge in [-0.05, 0) is 19.1 Å². The third-order valence-corrected chi connectivity index (χ3v) is 4.10. The minimum atomic E-state index is -0.441. The maximum absolute atomic E-state index is 11.5. The summed E-state index contributed by atoms with van der Waals surface area (Å²) in [6, 6.07) is 7.91. The second-order valence-corrected chi connectivity index (χ2v) is 5.56. The van der Waals surface area contributed by atoms with Gasteiger partial charge in [0, 0.05) is 22.6 Å². The van der Waals surface area contributed by atoms with Crippen molar-refractivity contribution in [1.82, 2.24) is 0 Å². The lowest BCUT2D eigenvalue weighted by atomic mass is 10.1. The van der Waals surface area contributed by atoms with Crippen LogP contribution in [0.3, 0.4) is 0 Å². The summed E-state index contributed by atoms with van der Waals surface area (Å²) in [6.07, 6.45) is 1.51. The maximum atomic E-state index is 11.5. The molecule has 2 rings (SSSR count). The third kappa shape index (κ3) is 3.82. The maximum Gasteiger partial charge on any atom is 0.374 e. The molecule has 0 radical (unpaired) electrons. The molecule has 0 fully saturated rings. The van der Waals surface area contributed by atoms with Gasteiger partial charge in [0.2, 0.25) is 5.76 Å². The number of ether oxygens (including phenoxy) is 2. The Labute approximate surface area is 128 Å². The fourth-order valence-electron chi connectivity index (χ4n) is 2.01. The summed E-state index contributed by atoms with van der Waals surface area (Å²) in [5.41, 5.74) is 3.19. The first-order valence-electron chi connectivity index (χ1n) is 6.51. The lowest BCUT2D eigenvalue weighted by Crippen LogP contribution is -2.02. The van der Waals surface area contributed by atoms with E-state index in [0.29, 0.717) is 5.75 Å². The third-order valence-electron chi connectivity index (χ3n) is 3.07. The molecule has 5 heteroatoms. The first kappa shape index (κ1) is 15.5. The van der Waals surface area contributed by atoms with Crippen LogP contribution in [0.15, 0.2) is 34.9 Å². The average Bonchev–Trinajstić information content (AvgIpc) is 2.95. The number of esters is 1. The van der Waals surface area contributed by atoms with Crippen LogP contribution in [0, 0.1) is 6.92 Å². The van der Waals surface area contributed by atoms with Gasteiger partial charge in [-0.1, -0.05) is 17.7 Å². The minimum absolute atomic E-state index is 0.279. The Morgan fingerprint density at radius 3 is 2.67 bits per heavy atom. The number of thioether (sulfide) groups is 1. The monoisotopic (exact) mass is 306 g/mol. The number of carbonyl (C=O) groups is 1. The Kier molecular flexibility index (Phi) is 5.33. The van der Waals surface area contributed by atoms with Crippen LogP contribution >= 0.6 is 11.8 Å². The predicted octanol–water partition coefficient (Wildman–Crippen LogP) is 3.82. The summed E-state index contributed by atoms with van der Waals surface area (Å²) in [4.78, 5) is 11.5. The Hall–Kier alpha value is -1.88. The molecule has 0 unspecified atom stereocenters. The van der Waals surface area contributed by atoms with E-state index < -0.39 is 5.97 Å². The molecular weight excluding hydrogens is 288 g/mol. The zero-order valence-electron chi connectivity index (χ0n) is 12.3. The summed E-state index contributed by atoms with van der Waals surface area (Å²) in [6.45, 7) is 2.05. The first-order chi connectivity index (χ1) is 10.2. The van der Waals surface area contributed by atoms with E-state index in [9.17, 15) is 4.79 Å². The van der Waals surface area contributed by atoms with E-state index in [1.54, 1.807) is 24.9 Å². The SMILES string of the molecule is COC(=O)c1occc1CSCc1cc(C)ccc1OC. The number of aryl methyl sites for hydroxylation is 1. The molecule has 1 aromatic carbocycles. The van der Waals surface area contributed by atoms with Gasteiger partial charge in [0.05, 0.1) is 20.5 Å². The van der Waals surface area contributed by atoms with E-state index >= 15 is 0 Å². The summed E-state index contributed by atoms with van der Waals surface area (Å²) in [7, 11) is 3.02. The molecule has 0 aliphatic heterocycles. The van der Waals surface area contributed by atoms with Crippen LogP contribution in [0.25, 0.3) is 0 Å². The van der Waals surface area contributed by atoms with Crippen molar-refractivity contribution in [1.29, 1.82) is 0 Å². The number of benzene rings is 1. The number of carbonyl (C=O) groups excluding carboxylic acids is 1. The van der Waals surface area contributed by atoms with Gasteiger partial charge in [0.15, 0.2) is 0 Å². The molecule has 0 spiro atoms. The number of hydrogen-bond donors (Lipinski definition) is 0. The summed E-state index contributed by atoms with van der Waals surface area (Å²) < 4.78 is 15.2. The van der Waals surface area contributed by atoms with E-state index in [2.05, 4.69) is 13.0 Å². The van der Waals surface area contributed by atoms with Crippen LogP contribution in [0.1, 0.15) is 27.2 Å². The number of furan rings is 1. The van der Waals surface area contributed by atoms with Crippen LogP contribution in [-0.4, -0.2) is 20.2 Å². The van der Waals surface area contributed by atoms with Crippen molar-refractivity contribution in [3.05, 3.63) is 53.0 Å². The van der Waals surface area contributed by atoms with E-state index in [-0.39, 0.29) is 5.76 Å². The molecule has 0 aliphatic rings. The van der Waals surface area contributed by atoms with Gasteiger partial charge < -0.3 is 13.9 Å². The Morgan fingerprint density at radius 1 is 1.19 bits per heavy atom. The molecule has 0 aliphatic carbocycles. The van der Waals surface area contributed by atoms with Gasteiger partial charge in [-0.2, -0.15) is 11.8 Å². The van der Waals surface area contributed by atoms with Gasteiger partial charge >= 0.3 is 5.97 Å². The molecule has 1 heterocycles. The fraction of sp³-hybridized carbons (Fsp3) is 0.312. The zero-order valence-corrected chi connectivity index (χ0v) is 13.2. The van der Waals surface area contributed by atoms with Crippen molar-refractivity contribution < 1.29 is 18.7 Å². The van der Waals surface area contributed by atoms with Crippen LogP contribution in [-0.2, 0) is 16.2 Å². The highest BCUT2D eigenvalue weighted by atomic mass is 32.2. The van der Waals surface area contributed by atoms with Crippen molar-refractivity contribution >= 4 is 17.7 Å². The number of methoxy groups -OCH3 is 2. The molecule has 2 aromatic rings. The molecule has 21 heavy (non-hydrogen) atoms. The molecule has 1 aromatic heterocycles. The first-order valence-corrected chi connectivity index (χ1v) is 7.67. The molecule has 0 N–H and O–H groups in total. The van der Waals surface area contributed by atoms with Crippen LogP contribution in [0.4, 0.5) is 0 Å². The molecular formula is C16H18O4S. The van der Waals surface area contributed by atoms with Gasteiger partial charge in [-0.3, -0.25) is 0 Å². The molecule has 0 saturated heterocycles. The van der Waals surface area contributed by atoms with Crippen molar-refractivity contribution in [3.63, 3.8) is 0 Å². The average molecular weight is 306 g/mol. The Bertz CT molecular complexity index is 618. The zero-order chi connectivity index (χ0) is 15.2. The molecule has 0 amide bonds. The summed E-state index contributed by atoms with van der Waals surface area (Å²) in [5, 5.41) is 0.